The summed E-state index contributed by atoms with van der Waals surface area (Å²) >= 11 is 23.7. The Kier molecular flexibility index (Phi) is 9.33. The number of ether oxygens (including phenoxy) is 1. The monoisotopic (exact) mass is 566 g/mol. The predicted octanol–water partition coefficient (Wildman–Crippen LogP) is 5.53. The van der Waals surface area contributed by atoms with Gasteiger partial charge in [0.25, 0.3) is 5.69 Å². The van der Waals surface area contributed by atoms with Gasteiger partial charge in [0.1, 0.15) is 17.6 Å². The number of carbonyl (C=O) groups is 1. The van der Waals surface area contributed by atoms with Crippen molar-refractivity contribution in [1.82, 2.24) is 10.6 Å². The van der Waals surface area contributed by atoms with Crippen molar-refractivity contribution in [3.63, 3.8) is 0 Å². The number of anilines is 1. The normalized spacial score (nSPS) is 11.9. The Labute approximate surface area is 228 Å². The van der Waals surface area contributed by atoms with Crippen molar-refractivity contribution in [1.29, 1.82) is 0 Å². The van der Waals surface area contributed by atoms with Gasteiger partial charge in [0, 0.05) is 0 Å². The van der Waals surface area contributed by atoms with Crippen molar-refractivity contribution in [2.75, 3.05) is 12.4 Å². The third-order valence-electron chi connectivity index (χ3n) is 5.07. The lowest BCUT2D eigenvalue weighted by Gasteiger charge is -2.29. The highest BCUT2D eigenvalue weighted by molar-refractivity contribution is 7.80. The zero-order valence-corrected chi connectivity index (χ0v) is 21.9. The molecule has 0 bridgehead atoms. The maximum atomic E-state index is 13.5. The molecular formula is C24H21Cl3N4O4S. The van der Waals surface area contributed by atoms with Crippen LogP contribution in [-0.4, -0.2) is 33.0 Å². The molecule has 0 aliphatic carbocycles. The van der Waals surface area contributed by atoms with Gasteiger partial charge in [0.05, 0.1) is 24.0 Å². The van der Waals surface area contributed by atoms with Gasteiger partial charge in [-0.25, -0.2) is 0 Å². The first kappa shape index (κ1) is 27.5. The van der Waals surface area contributed by atoms with Crippen LogP contribution >= 0.6 is 47.0 Å². The van der Waals surface area contributed by atoms with E-state index in [4.69, 9.17) is 51.8 Å². The minimum atomic E-state index is -2.02. The molecule has 0 unspecified atom stereocenters. The molecule has 0 fully saturated rings. The van der Waals surface area contributed by atoms with Crippen molar-refractivity contribution in [3.8, 4) is 5.75 Å². The SMILES string of the molecule is COc1ccc(NC(=S)N[C@H](NC(=O)C(c2ccccc2)c2ccccc2)C(Cl)(Cl)Cl)c([N+](=O)[O-])c1. The van der Waals surface area contributed by atoms with Gasteiger partial charge in [-0.1, -0.05) is 95.5 Å². The molecule has 0 aromatic heterocycles. The van der Waals surface area contributed by atoms with Crippen LogP contribution in [0.3, 0.4) is 0 Å². The van der Waals surface area contributed by atoms with Crippen molar-refractivity contribution in [2.24, 2.45) is 0 Å². The number of methoxy groups -OCH3 is 1. The van der Waals surface area contributed by atoms with Gasteiger partial charge >= 0.3 is 0 Å². The number of carbonyl (C=O) groups excluding carboxylic acids is 1. The number of nitrogens with one attached hydrogen (secondary N) is 3. The van der Waals surface area contributed by atoms with E-state index in [1.165, 1.54) is 25.3 Å². The molecule has 0 aliphatic heterocycles. The summed E-state index contributed by atoms with van der Waals surface area (Å²) in [5.74, 6) is -0.854. The summed E-state index contributed by atoms with van der Waals surface area (Å²) in [4.78, 5) is 24.3. The van der Waals surface area contributed by atoms with Crippen molar-refractivity contribution in [2.45, 2.75) is 15.9 Å². The van der Waals surface area contributed by atoms with E-state index in [0.717, 1.165) is 11.1 Å². The molecule has 1 amide bonds. The first-order valence-corrected chi connectivity index (χ1v) is 12.0. The molecular weight excluding hydrogens is 547 g/mol. The molecule has 36 heavy (non-hydrogen) atoms. The molecule has 0 saturated carbocycles. The average molecular weight is 568 g/mol. The number of halogens is 3. The molecule has 0 radical (unpaired) electrons. The second-order valence-electron chi connectivity index (χ2n) is 7.48. The Morgan fingerprint density at radius 3 is 2.00 bits per heavy atom. The summed E-state index contributed by atoms with van der Waals surface area (Å²) in [6.07, 6.45) is -1.28. The van der Waals surface area contributed by atoms with Crippen LogP contribution in [0.1, 0.15) is 17.0 Å². The minimum absolute atomic E-state index is 0.0825. The van der Waals surface area contributed by atoms with Gasteiger partial charge in [-0.05, 0) is 35.5 Å². The number of nitro benzene ring substituents is 1. The summed E-state index contributed by atoms with van der Waals surface area (Å²) < 4.78 is 3.01. The lowest BCUT2D eigenvalue weighted by molar-refractivity contribution is -0.384. The molecule has 0 heterocycles. The Hall–Kier alpha value is -3.11. The summed E-state index contributed by atoms with van der Waals surface area (Å²) in [7, 11) is 1.39. The molecule has 0 spiro atoms. The molecule has 3 aromatic carbocycles. The highest BCUT2D eigenvalue weighted by Gasteiger charge is 2.37. The van der Waals surface area contributed by atoms with E-state index in [2.05, 4.69) is 16.0 Å². The topological polar surface area (TPSA) is 106 Å². The lowest BCUT2D eigenvalue weighted by Crippen LogP contribution is -2.57. The van der Waals surface area contributed by atoms with Gasteiger partial charge in [0.15, 0.2) is 5.11 Å². The number of nitro groups is 1. The minimum Gasteiger partial charge on any atom is -0.496 e. The van der Waals surface area contributed by atoms with Gasteiger partial charge in [-0.15, -0.1) is 0 Å². The zero-order chi connectivity index (χ0) is 26.3. The van der Waals surface area contributed by atoms with Crippen molar-refractivity contribution < 1.29 is 14.5 Å². The molecule has 188 valence electrons. The summed E-state index contributed by atoms with van der Waals surface area (Å²) in [5.41, 5.74) is 1.28. The van der Waals surface area contributed by atoms with Crippen LogP contribution in [0, 0.1) is 10.1 Å². The third-order valence-corrected chi connectivity index (χ3v) is 5.94. The second kappa shape index (κ2) is 12.2. The van der Waals surface area contributed by atoms with E-state index in [1.807, 2.05) is 60.7 Å². The first-order valence-electron chi connectivity index (χ1n) is 10.5. The lowest BCUT2D eigenvalue weighted by atomic mass is 9.90. The number of alkyl halides is 3. The van der Waals surface area contributed by atoms with Gasteiger partial charge in [-0.3, -0.25) is 14.9 Å². The Balaban J connectivity index is 1.83. The van der Waals surface area contributed by atoms with Crippen LogP contribution in [0.15, 0.2) is 78.9 Å². The van der Waals surface area contributed by atoms with E-state index in [1.54, 1.807) is 0 Å². The maximum Gasteiger partial charge on any atom is 0.296 e. The quantitative estimate of drug-likeness (QED) is 0.108. The number of thiocarbonyl (C=S) groups is 1. The van der Waals surface area contributed by atoms with Crippen LogP contribution in [0.4, 0.5) is 11.4 Å². The van der Waals surface area contributed by atoms with E-state index < -0.39 is 26.7 Å². The van der Waals surface area contributed by atoms with E-state index in [9.17, 15) is 14.9 Å². The fourth-order valence-electron chi connectivity index (χ4n) is 3.40. The molecule has 0 saturated heterocycles. The number of rotatable bonds is 8. The van der Waals surface area contributed by atoms with Crippen LogP contribution in [-0.2, 0) is 4.79 Å². The summed E-state index contributed by atoms with van der Waals surface area (Å²) in [6, 6.07) is 22.5. The highest BCUT2D eigenvalue weighted by atomic mass is 35.6. The molecule has 3 N–H and O–H groups in total. The number of hydrogen-bond donors (Lipinski definition) is 3. The number of nitrogens with zero attached hydrogens (tertiary/aromatic N) is 1. The predicted molar refractivity (Wildman–Crippen MR) is 146 cm³/mol. The molecule has 1 atom stereocenters. The Bertz CT molecular complexity index is 1190. The van der Waals surface area contributed by atoms with Crippen LogP contribution < -0.4 is 20.7 Å². The van der Waals surface area contributed by atoms with Crippen LogP contribution in [0.25, 0.3) is 0 Å². The standard InChI is InChI=1S/C24H21Cl3N4O4S/c1-35-17-12-13-18(19(14-17)31(33)34)28-23(36)30-22(24(25,26)27)29-21(32)20(15-8-4-2-5-9-15)16-10-6-3-7-11-16/h2-14,20,22H,1H3,(H,29,32)(H2,28,30,36)/t22-/m0/s1. The average Bonchev–Trinajstić information content (AvgIpc) is 2.84. The maximum absolute atomic E-state index is 13.5. The molecule has 3 rings (SSSR count). The van der Waals surface area contributed by atoms with Gasteiger partial charge in [0.2, 0.25) is 9.70 Å². The first-order chi connectivity index (χ1) is 17.1. The zero-order valence-electron chi connectivity index (χ0n) is 18.8. The number of benzene rings is 3. The summed E-state index contributed by atoms with van der Waals surface area (Å²) in [5, 5.41) is 19.5. The van der Waals surface area contributed by atoms with E-state index in [-0.39, 0.29) is 16.5 Å². The smallest absolute Gasteiger partial charge is 0.296 e. The largest absolute Gasteiger partial charge is 0.496 e. The van der Waals surface area contributed by atoms with Crippen LogP contribution in [0.5, 0.6) is 5.75 Å². The van der Waals surface area contributed by atoms with Crippen molar-refractivity contribution in [3.05, 3.63) is 100 Å². The molecule has 3 aromatic rings. The van der Waals surface area contributed by atoms with Crippen molar-refractivity contribution >= 4 is 69.4 Å². The highest BCUT2D eigenvalue weighted by Crippen LogP contribution is 2.32. The molecule has 12 heteroatoms. The van der Waals surface area contributed by atoms with Gasteiger partial charge in [-0.2, -0.15) is 0 Å². The second-order valence-corrected chi connectivity index (χ2v) is 10.3. The fourth-order valence-corrected chi connectivity index (χ4v) is 3.95. The van der Waals surface area contributed by atoms with Crippen LogP contribution in [0.2, 0.25) is 0 Å². The summed E-state index contributed by atoms with van der Waals surface area (Å²) in [6.45, 7) is 0. The van der Waals surface area contributed by atoms with E-state index in [0.29, 0.717) is 5.75 Å². The molecule has 0 aliphatic rings. The fraction of sp³-hybridized carbons (Fsp3) is 0.167. The van der Waals surface area contributed by atoms with Gasteiger partial charge < -0.3 is 20.7 Å². The number of amides is 1. The Morgan fingerprint density at radius 1 is 0.972 bits per heavy atom. The number of hydrogen-bond acceptors (Lipinski definition) is 5. The van der Waals surface area contributed by atoms with E-state index >= 15 is 0 Å². The third kappa shape index (κ3) is 7.20. The molecule has 8 nitrogen and oxygen atoms in total. The Morgan fingerprint density at radius 2 is 1.53 bits per heavy atom.